The molecule has 0 saturated heterocycles. The summed E-state index contributed by atoms with van der Waals surface area (Å²) in [6.07, 6.45) is 2.07. The van der Waals surface area contributed by atoms with E-state index in [2.05, 4.69) is 34.6 Å². The molecular weight excluding hydrogens is 538 g/mol. The molecule has 2 heterocycles. The lowest BCUT2D eigenvalue weighted by Crippen LogP contribution is -2.25. The Balaban J connectivity index is 1.50. The summed E-state index contributed by atoms with van der Waals surface area (Å²) in [7, 11) is 0. The predicted octanol–water partition coefficient (Wildman–Crippen LogP) is 7.17. The van der Waals surface area contributed by atoms with Crippen LogP contribution in [-0.4, -0.2) is 38.7 Å². The van der Waals surface area contributed by atoms with Crippen molar-refractivity contribution in [3.63, 3.8) is 0 Å². The summed E-state index contributed by atoms with van der Waals surface area (Å²) in [4.78, 5) is 18.8. The number of carboxylic acids is 1. The second-order valence-corrected chi connectivity index (χ2v) is 10.8. The van der Waals surface area contributed by atoms with E-state index in [1.165, 1.54) is 0 Å². The second kappa shape index (κ2) is 13.2. The third-order valence-electron chi connectivity index (χ3n) is 7.40. The van der Waals surface area contributed by atoms with Gasteiger partial charge in [0.15, 0.2) is 16.7 Å². The molecule has 0 amide bonds. The zero-order valence-corrected chi connectivity index (χ0v) is 24.3. The molecule has 5 rings (SSSR count). The highest BCUT2D eigenvalue weighted by Gasteiger charge is 2.22. The van der Waals surface area contributed by atoms with Crippen molar-refractivity contribution in [3.8, 4) is 22.9 Å². The van der Waals surface area contributed by atoms with Crippen LogP contribution in [0, 0.1) is 0 Å². The van der Waals surface area contributed by atoms with Gasteiger partial charge in [-0.3, -0.25) is 9.69 Å². The van der Waals surface area contributed by atoms with Crippen molar-refractivity contribution in [2.24, 2.45) is 0 Å². The molecule has 4 aromatic rings. The molecule has 1 unspecified atom stereocenters. The molecule has 0 aliphatic carbocycles. The summed E-state index contributed by atoms with van der Waals surface area (Å²) < 4.78 is 13.8. The average Bonchev–Trinajstić information content (AvgIpc) is 3.30. The highest BCUT2D eigenvalue weighted by Crippen LogP contribution is 2.33. The van der Waals surface area contributed by atoms with E-state index in [0.717, 1.165) is 64.7 Å². The number of carbonyl (C=O) groups is 1. The Morgan fingerprint density at radius 3 is 2.44 bits per heavy atom. The monoisotopic (exact) mass is 573 g/mol. The smallest absolute Gasteiger partial charge is 0.310 e. The molecule has 1 aromatic heterocycles. The van der Waals surface area contributed by atoms with Crippen molar-refractivity contribution in [1.82, 2.24) is 14.5 Å². The molecule has 8 heteroatoms. The molecule has 1 N–H and O–H groups in total. The fourth-order valence-electron chi connectivity index (χ4n) is 5.16. The number of imidazole rings is 1. The van der Waals surface area contributed by atoms with Crippen LogP contribution >= 0.6 is 11.6 Å². The first-order valence-electron chi connectivity index (χ1n) is 14.2. The number of aliphatic carboxylic acids is 1. The van der Waals surface area contributed by atoms with Gasteiger partial charge >= 0.3 is 5.97 Å². The lowest BCUT2D eigenvalue weighted by molar-refractivity contribution is -0.138. The van der Waals surface area contributed by atoms with E-state index in [1.54, 1.807) is 6.92 Å². The Bertz CT molecular complexity index is 1490. The predicted molar refractivity (Wildman–Crippen MR) is 160 cm³/mol. The second-order valence-electron chi connectivity index (χ2n) is 10.5. The van der Waals surface area contributed by atoms with Gasteiger partial charge in [0.2, 0.25) is 0 Å². The molecule has 0 radical (unpaired) electrons. The number of unbranched alkanes of at least 4 members (excludes halogenated alkanes) is 1. The molecular formula is C33H36ClN3O4. The van der Waals surface area contributed by atoms with Crippen LogP contribution in [0.5, 0.6) is 11.5 Å². The van der Waals surface area contributed by atoms with Crippen molar-refractivity contribution in [3.05, 3.63) is 100 Å². The summed E-state index contributed by atoms with van der Waals surface area (Å²) in [6.45, 7) is 7.59. The molecule has 41 heavy (non-hydrogen) atoms. The molecule has 1 aliphatic rings. The topological polar surface area (TPSA) is 76.8 Å². The molecule has 0 bridgehead atoms. The Kier molecular flexibility index (Phi) is 9.27. The van der Waals surface area contributed by atoms with Crippen LogP contribution in [0.2, 0.25) is 5.15 Å². The van der Waals surface area contributed by atoms with E-state index in [9.17, 15) is 9.90 Å². The molecule has 1 aliphatic heterocycles. The van der Waals surface area contributed by atoms with Crippen LogP contribution in [0.1, 0.15) is 55.0 Å². The number of ether oxygens (including phenoxy) is 2. The summed E-state index contributed by atoms with van der Waals surface area (Å²) >= 11 is 6.87. The van der Waals surface area contributed by atoms with E-state index in [1.807, 2.05) is 54.6 Å². The Morgan fingerprint density at radius 2 is 1.71 bits per heavy atom. The summed E-state index contributed by atoms with van der Waals surface area (Å²) in [6, 6.07) is 24.0. The lowest BCUT2D eigenvalue weighted by Gasteiger charge is -2.25. The number of aromatic nitrogens is 2. The minimum atomic E-state index is -0.838. The fourth-order valence-corrected chi connectivity index (χ4v) is 5.40. The van der Waals surface area contributed by atoms with Gasteiger partial charge in [-0.1, -0.05) is 85.6 Å². The SMILES string of the molecule is CCCCn1c(-c2ccccc2)nc(Cl)c1CN(Cc1cccc(C(C)C(=O)O)c1)Cc1ccc2c(c1)OCCO2. The maximum atomic E-state index is 11.7. The number of halogens is 1. The molecule has 0 spiro atoms. The van der Waals surface area contributed by atoms with Crippen LogP contribution in [0.3, 0.4) is 0 Å². The van der Waals surface area contributed by atoms with Gasteiger partial charge in [0.25, 0.3) is 0 Å². The Hall–Kier alpha value is -3.81. The molecule has 1 atom stereocenters. The summed E-state index contributed by atoms with van der Waals surface area (Å²) in [5.41, 5.74) is 4.90. The van der Waals surface area contributed by atoms with Crippen molar-refractivity contribution < 1.29 is 19.4 Å². The first kappa shape index (κ1) is 28.7. The Labute approximate surface area is 246 Å². The highest BCUT2D eigenvalue weighted by atomic mass is 35.5. The average molecular weight is 574 g/mol. The zero-order valence-electron chi connectivity index (χ0n) is 23.6. The third kappa shape index (κ3) is 6.92. The maximum Gasteiger partial charge on any atom is 0.310 e. The minimum absolute atomic E-state index is 0.500. The fraction of sp³-hybridized carbons (Fsp3) is 0.333. The first-order chi connectivity index (χ1) is 19.9. The molecule has 7 nitrogen and oxygen atoms in total. The van der Waals surface area contributed by atoms with E-state index in [-0.39, 0.29) is 0 Å². The van der Waals surface area contributed by atoms with Gasteiger partial charge in [0, 0.05) is 31.7 Å². The van der Waals surface area contributed by atoms with Gasteiger partial charge in [-0.05, 0) is 42.2 Å². The normalized spacial score (nSPS) is 13.4. The number of fused-ring (bicyclic) bond motifs is 1. The maximum absolute atomic E-state index is 11.7. The number of nitrogens with zero attached hydrogens (tertiary/aromatic N) is 3. The van der Waals surface area contributed by atoms with E-state index in [0.29, 0.717) is 38.0 Å². The van der Waals surface area contributed by atoms with Crippen LogP contribution in [-0.2, 0) is 31.0 Å². The summed E-state index contributed by atoms with van der Waals surface area (Å²) in [5.74, 6) is 0.962. The quantitative estimate of drug-likeness (QED) is 0.194. The first-order valence-corrected chi connectivity index (χ1v) is 14.5. The molecule has 0 fully saturated rings. The third-order valence-corrected chi connectivity index (χ3v) is 7.71. The standard InChI is InChI=1S/C33H36ClN3O4/c1-3-4-15-37-28(31(34)35-32(37)26-10-6-5-7-11-26)22-36(20-24-9-8-12-27(18-24)23(2)33(38)39)21-25-13-14-29-30(19-25)41-17-16-40-29/h5-14,18-19,23H,3-4,15-17,20-22H2,1-2H3,(H,38,39). The van der Waals surface area contributed by atoms with E-state index < -0.39 is 11.9 Å². The van der Waals surface area contributed by atoms with Crippen molar-refractivity contribution in [2.75, 3.05) is 13.2 Å². The van der Waals surface area contributed by atoms with Crippen LogP contribution in [0.15, 0.2) is 72.8 Å². The highest BCUT2D eigenvalue weighted by molar-refractivity contribution is 6.30. The van der Waals surface area contributed by atoms with Crippen LogP contribution in [0.4, 0.5) is 0 Å². The number of hydrogen-bond acceptors (Lipinski definition) is 5. The minimum Gasteiger partial charge on any atom is -0.486 e. The Morgan fingerprint density at radius 1 is 0.976 bits per heavy atom. The van der Waals surface area contributed by atoms with Gasteiger partial charge in [0.1, 0.15) is 19.0 Å². The van der Waals surface area contributed by atoms with Gasteiger partial charge in [-0.2, -0.15) is 0 Å². The number of hydrogen-bond donors (Lipinski definition) is 1. The number of carboxylic acid groups (broad SMARTS) is 1. The van der Waals surface area contributed by atoms with E-state index in [4.69, 9.17) is 26.1 Å². The van der Waals surface area contributed by atoms with Gasteiger partial charge in [0.05, 0.1) is 11.6 Å². The molecule has 214 valence electrons. The van der Waals surface area contributed by atoms with Crippen LogP contribution < -0.4 is 9.47 Å². The molecule has 0 saturated carbocycles. The largest absolute Gasteiger partial charge is 0.486 e. The van der Waals surface area contributed by atoms with Crippen molar-refractivity contribution >= 4 is 17.6 Å². The van der Waals surface area contributed by atoms with Gasteiger partial charge in [-0.15, -0.1) is 0 Å². The van der Waals surface area contributed by atoms with Crippen molar-refractivity contribution in [2.45, 2.75) is 58.8 Å². The lowest BCUT2D eigenvalue weighted by atomic mass is 9.99. The zero-order chi connectivity index (χ0) is 28.8. The number of benzene rings is 3. The number of rotatable bonds is 12. The molecule has 3 aromatic carbocycles. The van der Waals surface area contributed by atoms with Gasteiger partial charge in [-0.25, -0.2) is 4.98 Å². The van der Waals surface area contributed by atoms with Gasteiger partial charge < -0.3 is 19.1 Å². The summed E-state index contributed by atoms with van der Waals surface area (Å²) in [5, 5.41) is 10.1. The van der Waals surface area contributed by atoms with E-state index >= 15 is 0 Å². The van der Waals surface area contributed by atoms with Crippen LogP contribution in [0.25, 0.3) is 11.4 Å². The van der Waals surface area contributed by atoms with Crippen molar-refractivity contribution in [1.29, 1.82) is 0 Å².